The van der Waals surface area contributed by atoms with Gasteiger partial charge in [-0.2, -0.15) is 0 Å². The lowest BCUT2D eigenvalue weighted by molar-refractivity contribution is -0.164. The van der Waals surface area contributed by atoms with Crippen molar-refractivity contribution in [1.82, 2.24) is 53.2 Å². The summed E-state index contributed by atoms with van der Waals surface area (Å²) < 4.78 is 55.0. The van der Waals surface area contributed by atoms with Gasteiger partial charge in [0.15, 0.2) is 52.3 Å². The van der Waals surface area contributed by atoms with Gasteiger partial charge in [-0.15, -0.1) is 0 Å². The Morgan fingerprint density at radius 1 is 0.493 bits per heavy atom. The molecule has 138 heavy (non-hydrogen) atoms. The first-order chi connectivity index (χ1) is 66.0. The molecule has 9 aromatic carbocycles. The fourth-order valence-corrected chi connectivity index (χ4v) is 16.8. The van der Waals surface area contributed by atoms with Crippen LogP contribution in [-0.2, 0) is 110 Å². The highest BCUT2D eigenvalue weighted by molar-refractivity contribution is 6.74. The van der Waals surface area contributed by atoms with Crippen LogP contribution in [-0.4, -0.2) is 181 Å². The molecule has 732 valence electrons. The van der Waals surface area contributed by atoms with Crippen LogP contribution in [0.3, 0.4) is 0 Å². The zero-order valence-electron chi connectivity index (χ0n) is 79.8. The number of hydrogen-bond donors (Lipinski definition) is 12. The molecule has 1 aliphatic heterocycles. The number of aliphatic hydroxyl groups excluding tert-OH is 1. The molecule has 8 amide bonds. The minimum absolute atomic E-state index is 0.0353. The van der Waals surface area contributed by atoms with Gasteiger partial charge in [0.25, 0.3) is 5.91 Å². The van der Waals surface area contributed by atoms with Crippen molar-refractivity contribution in [2.24, 2.45) is 0 Å². The van der Waals surface area contributed by atoms with Gasteiger partial charge in [0.2, 0.25) is 35.4 Å². The molecule has 32 nitrogen and oxygen atoms in total. The van der Waals surface area contributed by atoms with Crippen LogP contribution in [0.25, 0.3) is 0 Å². The average molecular weight is 1920 g/mol. The van der Waals surface area contributed by atoms with Crippen LogP contribution in [0.1, 0.15) is 135 Å². The lowest BCUT2D eigenvalue weighted by Crippen LogP contribution is -2.63. The number of methoxy groups -OCH3 is 1. The number of benzene rings is 9. The van der Waals surface area contributed by atoms with Gasteiger partial charge < -0.3 is 100 Å². The Balaban J connectivity index is 0.964. The summed E-state index contributed by atoms with van der Waals surface area (Å²) in [7, 11) is -5.05. The molecular weight excluding hydrogens is 1800 g/mol. The number of aliphatic hydroxyl groups is 1. The number of amides is 8. The second-order valence-corrected chi connectivity index (χ2v) is 45.9. The standard InChI is InChI=1S/C104H127N11O21Si2/c1-102(2,3)137(8,9)135-91(98(125)131-66-72-41-23-14-24-42-72)88-96(123)109-63-87(119)113-89(92(136-138(10,11)103(4,5)6)99(126)132-67-73-43-25-15-26-44-73)97(124)133-69-82(94(121)108-62-86(118)110-81(95(122)114-88)53-36-60-107-100(105)115-104(75-47-29-17-30-48-75,76-49-31-18-32-50-76)77-55-57-78(128-7)58-56-77)111-85(117)61-83(116)80(112-101(127)134-68-74-45-27-16-28-46-74)52-33-34-59-106-93(120)79-51-35-54-84(129-64-70-37-19-12-20-38-70)90(79)130-65-71-39-21-13-22-40-71/h12-32,35,37-51,54-58,80-83,88-89,91-92,116H,33-34,36,52-53,59-69H2,1-11H3,(H,106,120)(H,108,121)(H,109,123)(H,110,118)(H,111,117)(H,112,127)(H,113,119)(H,114,122)(H3,105,107,115)/t80-,81-,82+,83+,88-,89-,91?,92?/m0/s1. The van der Waals surface area contributed by atoms with Crippen LogP contribution in [0.5, 0.6) is 17.2 Å². The van der Waals surface area contributed by atoms with E-state index in [2.05, 4.69) is 53.2 Å². The number of unbranched alkanes of at least 4 members (excludes halogenated alkanes) is 1. The smallest absolute Gasteiger partial charge is 0.407 e. The number of cyclic esters (lactones) is 1. The van der Waals surface area contributed by atoms with E-state index in [0.29, 0.717) is 28.2 Å². The van der Waals surface area contributed by atoms with E-state index in [1.54, 1.807) is 155 Å². The van der Waals surface area contributed by atoms with Gasteiger partial charge in [-0.3, -0.25) is 39.0 Å². The summed E-state index contributed by atoms with van der Waals surface area (Å²) in [6.45, 7) is 14.3. The SMILES string of the molecule is COc1ccc(C(NC(=N)NCCC[C@@H]2NC(=O)CNC(=O)[C@H](NC(=O)C[C@@H](O)[C@H](CCCCNC(=O)c3cccc(OCc4ccccc4)c3OCc3ccccc3)NC(=O)OCc3ccccc3)COC(=O)[C@H](C(O[Si](C)(C)C(C)(C)C)C(=O)OCc3ccccc3)NC(=O)CNC(=O)[C@H](C(O[Si](C)(C)C(C)(C)C)C(=O)OCc3ccccc3)NC2=O)(c2ccccc2)c2ccccc2)cc1. The van der Waals surface area contributed by atoms with Gasteiger partial charge in [0.05, 0.1) is 44.3 Å². The molecule has 0 spiro atoms. The molecule has 1 fully saturated rings. The number of alkyl carbamates (subject to hydrolysis) is 1. The quantitative estimate of drug-likeness (QED) is 0.00323. The Kier molecular flexibility index (Phi) is 39.3. The van der Waals surface area contributed by atoms with E-state index in [1.165, 1.54) is 0 Å². The third-order valence-electron chi connectivity index (χ3n) is 24.2. The summed E-state index contributed by atoms with van der Waals surface area (Å²) in [6, 6.07) is 66.6. The molecule has 0 aromatic heterocycles. The van der Waals surface area contributed by atoms with Gasteiger partial charge in [-0.05, 0) is 137 Å². The highest BCUT2D eigenvalue weighted by Gasteiger charge is 2.50. The van der Waals surface area contributed by atoms with Crippen molar-refractivity contribution < 1.29 is 99.9 Å². The molecule has 34 heteroatoms. The Morgan fingerprint density at radius 2 is 0.942 bits per heavy atom. The third kappa shape index (κ3) is 31.5. The summed E-state index contributed by atoms with van der Waals surface area (Å²) >= 11 is 0. The predicted molar refractivity (Wildman–Crippen MR) is 524 cm³/mol. The number of esters is 3. The minimum atomic E-state index is -3.32. The molecule has 1 heterocycles. The van der Waals surface area contributed by atoms with E-state index in [9.17, 15) is 29.7 Å². The van der Waals surface area contributed by atoms with E-state index in [-0.39, 0.29) is 95.5 Å². The van der Waals surface area contributed by atoms with Crippen molar-refractivity contribution in [3.8, 4) is 17.2 Å². The van der Waals surface area contributed by atoms with Crippen LogP contribution in [0.15, 0.2) is 255 Å². The van der Waals surface area contributed by atoms with Crippen LogP contribution < -0.4 is 67.4 Å². The molecule has 1 saturated heterocycles. The van der Waals surface area contributed by atoms with Crippen molar-refractivity contribution in [1.29, 1.82) is 5.41 Å². The van der Waals surface area contributed by atoms with E-state index in [4.69, 9.17) is 42.0 Å². The van der Waals surface area contributed by atoms with E-state index in [0.717, 1.165) is 27.8 Å². The molecule has 0 radical (unpaired) electrons. The Morgan fingerprint density at radius 3 is 1.44 bits per heavy atom. The van der Waals surface area contributed by atoms with Crippen LogP contribution in [0.2, 0.25) is 36.3 Å². The first-order valence-corrected chi connectivity index (χ1v) is 51.8. The molecule has 2 unspecified atom stereocenters. The Bertz CT molecular complexity index is 5480. The lowest BCUT2D eigenvalue weighted by atomic mass is 9.77. The molecule has 0 aliphatic carbocycles. The van der Waals surface area contributed by atoms with Crippen LogP contribution in [0.4, 0.5) is 4.79 Å². The van der Waals surface area contributed by atoms with Crippen molar-refractivity contribution in [2.45, 2.75) is 203 Å². The van der Waals surface area contributed by atoms with Crippen molar-refractivity contribution in [3.63, 3.8) is 0 Å². The van der Waals surface area contributed by atoms with Gasteiger partial charge in [0, 0.05) is 13.1 Å². The molecule has 1 aliphatic rings. The molecule has 12 N–H and O–H groups in total. The van der Waals surface area contributed by atoms with E-state index in [1.807, 2.05) is 175 Å². The van der Waals surface area contributed by atoms with Crippen LogP contribution in [0, 0.1) is 5.41 Å². The zero-order chi connectivity index (χ0) is 99.4. The predicted octanol–water partition coefficient (Wildman–Crippen LogP) is 11.7. The first kappa shape index (κ1) is 106. The Hall–Kier alpha value is -14.1. The molecule has 10 rings (SSSR count). The molecule has 8 atom stereocenters. The first-order valence-electron chi connectivity index (χ1n) is 45.9. The average Bonchev–Trinajstić information content (AvgIpc) is 0.743. The van der Waals surface area contributed by atoms with Crippen molar-refractivity contribution in [2.75, 3.05) is 39.9 Å². The van der Waals surface area contributed by atoms with Crippen molar-refractivity contribution in [3.05, 3.63) is 305 Å². The Labute approximate surface area is 807 Å². The summed E-state index contributed by atoms with van der Waals surface area (Å²) in [6.07, 6.45) is -7.66. The monoisotopic (exact) mass is 1920 g/mol. The maximum absolute atomic E-state index is 15.7. The van der Waals surface area contributed by atoms with Gasteiger partial charge in [-0.1, -0.05) is 272 Å². The third-order valence-corrected chi connectivity index (χ3v) is 33.1. The molecule has 0 bridgehead atoms. The van der Waals surface area contributed by atoms with Gasteiger partial charge in [0.1, 0.15) is 69.1 Å². The number of carbonyl (C=O) groups excluding carboxylic acids is 11. The molecule has 0 saturated carbocycles. The van der Waals surface area contributed by atoms with Gasteiger partial charge in [-0.25, -0.2) is 19.2 Å². The van der Waals surface area contributed by atoms with Crippen LogP contribution >= 0.6 is 0 Å². The van der Waals surface area contributed by atoms with Crippen molar-refractivity contribution >= 4 is 87.9 Å². The fraction of sp³-hybridized carbons (Fsp3) is 0.365. The topological polar surface area (TPSA) is 435 Å². The number of ether oxygens (including phenoxy) is 7. The normalized spacial score (nSPS) is 16.4. The largest absolute Gasteiger partial charge is 0.497 e. The van der Waals surface area contributed by atoms with E-state index < -0.39 is 172 Å². The highest BCUT2D eigenvalue weighted by atomic mass is 28.4. The van der Waals surface area contributed by atoms with Gasteiger partial charge >= 0.3 is 24.0 Å². The number of rotatable bonds is 40. The summed E-state index contributed by atoms with van der Waals surface area (Å²) in [5.41, 5.74) is 4.61. The second kappa shape index (κ2) is 51.2. The summed E-state index contributed by atoms with van der Waals surface area (Å²) in [5.74, 6) is -10.2. The number of para-hydroxylation sites is 1. The number of guanidine groups is 1. The van der Waals surface area contributed by atoms with E-state index >= 15 is 33.6 Å². The lowest BCUT2D eigenvalue weighted by Gasteiger charge is -2.40. The fourth-order valence-electron chi connectivity index (χ4n) is 14.4. The highest BCUT2D eigenvalue weighted by Crippen LogP contribution is 2.42. The zero-order valence-corrected chi connectivity index (χ0v) is 81.8. The number of hydrogen-bond acceptors (Lipinski definition) is 22. The maximum atomic E-state index is 15.7. The number of nitrogens with one attached hydrogen (secondary N) is 11. The number of carbonyl (C=O) groups is 11. The summed E-state index contributed by atoms with van der Waals surface area (Å²) in [5, 5.41) is 47.9. The minimum Gasteiger partial charge on any atom is -0.497 e. The summed E-state index contributed by atoms with van der Waals surface area (Å²) in [4.78, 5) is 165. The maximum Gasteiger partial charge on any atom is 0.407 e. The second-order valence-electron chi connectivity index (χ2n) is 36.4. The molecule has 9 aromatic rings. The molecular formula is C104H127N11O21Si2.